The van der Waals surface area contributed by atoms with Crippen molar-refractivity contribution in [2.75, 3.05) is 19.6 Å². The molecule has 2 rings (SSSR count). The van der Waals surface area contributed by atoms with Gasteiger partial charge in [-0.25, -0.2) is 0 Å². The highest BCUT2D eigenvalue weighted by atomic mass is 15.2. The van der Waals surface area contributed by atoms with Crippen molar-refractivity contribution in [2.24, 2.45) is 5.73 Å². The van der Waals surface area contributed by atoms with Crippen LogP contribution in [0.2, 0.25) is 0 Å². The zero-order chi connectivity index (χ0) is 13.0. The van der Waals surface area contributed by atoms with Gasteiger partial charge in [0.2, 0.25) is 0 Å². The first-order valence-electron chi connectivity index (χ1n) is 7.27. The van der Waals surface area contributed by atoms with E-state index in [0.29, 0.717) is 0 Å². The molecule has 0 aromatic heterocycles. The average molecular weight is 246 g/mol. The van der Waals surface area contributed by atoms with Crippen LogP contribution in [0.25, 0.3) is 0 Å². The number of nitrogens with zero attached hydrogens (tertiary/aromatic N) is 1. The number of nitrogens with two attached hydrogens (primary N) is 1. The van der Waals surface area contributed by atoms with Crippen LogP contribution in [0.15, 0.2) is 24.3 Å². The Hall–Kier alpha value is -0.860. The molecule has 0 unspecified atom stereocenters. The molecule has 100 valence electrons. The second-order valence-electron chi connectivity index (χ2n) is 5.39. The van der Waals surface area contributed by atoms with Crippen LogP contribution >= 0.6 is 0 Å². The molecule has 2 N–H and O–H groups in total. The minimum Gasteiger partial charge on any atom is -0.329 e. The molecule has 0 saturated carbocycles. The Morgan fingerprint density at radius 1 is 1.06 bits per heavy atom. The van der Waals surface area contributed by atoms with Crippen LogP contribution < -0.4 is 5.73 Å². The SMILES string of the molecule is CCC(CC)(CN)N1CCc2ccccc2CC1. The first-order valence-corrected chi connectivity index (χ1v) is 7.27. The van der Waals surface area contributed by atoms with E-state index in [1.54, 1.807) is 0 Å². The normalized spacial score (nSPS) is 17.3. The van der Waals surface area contributed by atoms with Crippen molar-refractivity contribution in [1.82, 2.24) is 4.90 Å². The molecular weight excluding hydrogens is 220 g/mol. The van der Waals surface area contributed by atoms with Gasteiger partial charge < -0.3 is 5.73 Å². The Bertz CT molecular complexity index is 347. The fourth-order valence-corrected chi connectivity index (χ4v) is 3.26. The van der Waals surface area contributed by atoms with Crippen LogP contribution in [0.5, 0.6) is 0 Å². The predicted octanol–water partition coefficient (Wildman–Crippen LogP) is 2.60. The molecule has 1 heterocycles. The summed E-state index contributed by atoms with van der Waals surface area (Å²) in [5.41, 5.74) is 9.34. The summed E-state index contributed by atoms with van der Waals surface area (Å²) in [4.78, 5) is 2.63. The highest BCUT2D eigenvalue weighted by molar-refractivity contribution is 5.28. The molecule has 0 fully saturated rings. The van der Waals surface area contributed by atoms with Crippen molar-refractivity contribution in [3.63, 3.8) is 0 Å². The average Bonchev–Trinajstić information content (AvgIpc) is 2.65. The molecule has 0 spiro atoms. The summed E-state index contributed by atoms with van der Waals surface area (Å²) >= 11 is 0. The van der Waals surface area contributed by atoms with Gasteiger partial charge in [0, 0.05) is 25.2 Å². The number of hydrogen-bond donors (Lipinski definition) is 1. The summed E-state index contributed by atoms with van der Waals surface area (Å²) in [5.74, 6) is 0. The summed E-state index contributed by atoms with van der Waals surface area (Å²) in [6.45, 7) is 7.62. The number of rotatable bonds is 4. The molecule has 0 saturated heterocycles. The lowest BCUT2D eigenvalue weighted by molar-refractivity contribution is 0.0899. The van der Waals surface area contributed by atoms with E-state index in [2.05, 4.69) is 43.0 Å². The van der Waals surface area contributed by atoms with Gasteiger partial charge in [-0.2, -0.15) is 0 Å². The molecule has 0 radical (unpaired) electrons. The summed E-state index contributed by atoms with van der Waals surface area (Å²) in [7, 11) is 0. The first kappa shape index (κ1) is 13.6. The topological polar surface area (TPSA) is 29.3 Å². The summed E-state index contributed by atoms with van der Waals surface area (Å²) in [6.07, 6.45) is 4.63. The van der Waals surface area contributed by atoms with E-state index in [4.69, 9.17) is 5.73 Å². The second-order valence-corrected chi connectivity index (χ2v) is 5.39. The van der Waals surface area contributed by atoms with E-state index >= 15 is 0 Å². The van der Waals surface area contributed by atoms with Crippen molar-refractivity contribution in [3.05, 3.63) is 35.4 Å². The van der Waals surface area contributed by atoms with E-state index in [0.717, 1.165) is 45.3 Å². The maximum absolute atomic E-state index is 6.07. The lowest BCUT2D eigenvalue weighted by atomic mass is 9.90. The van der Waals surface area contributed by atoms with Crippen molar-refractivity contribution in [1.29, 1.82) is 0 Å². The van der Waals surface area contributed by atoms with Gasteiger partial charge in [0.05, 0.1) is 0 Å². The smallest absolute Gasteiger partial charge is 0.0326 e. The van der Waals surface area contributed by atoms with Crippen molar-refractivity contribution in [3.8, 4) is 0 Å². The van der Waals surface area contributed by atoms with E-state index in [1.165, 1.54) is 11.1 Å². The largest absolute Gasteiger partial charge is 0.329 e. The Morgan fingerprint density at radius 3 is 1.94 bits per heavy atom. The molecule has 1 aromatic carbocycles. The zero-order valence-electron chi connectivity index (χ0n) is 11.8. The maximum atomic E-state index is 6.07. The molecule has 1 aliphatic rings. The van der Waals surface area contributed by atoms with Crippen molar-refractivity contribution in [2.45, 2.75) is 45.1 Å². The zero-order valence-corrected chi connectivity index (χ0v) is 11.8. The lowest BCUT2D eigenvalue weighted by Crippen LogP contribution is -2.54. The number of hydrogen-bond acceptors (Lipinski definition) is 2. The van der Waals surface area contributed by atoms with Gasteiger partial charge in [0.15, 0.2) is 0 Å². The van der Waals surface area contributed by atoms with Gasteiger partial charge in [0.25, 0.3) is 0 Å². The Kier molecular flexibility index (Phi) is 4.41. The van der Waals surface area contributed by atoms with Gasteiger partial charge in [0.1, 0.15) is 0 Å². The molecule has 1 aromatic rings. The highest BCUT2D eigenvalue weighted by Crippen LogP contribution is 2.26. The molecule has 2 nitrogen and oxygen atoms in total. The fourth-order valence-electron chi connectivity index (χ4n) is 3.26. The Morgan fingerprint density at radius 2 is 1.56 bits per heavy atom. The predicted molar refractivity (Wildman–Crippen MR) is 77.8 cm³/mol. The van der Waals surface area contributed by atoms with Crippen LogP contribution in [-0.4, -0.2) is 30.1 Å². The van der Waals surface area contributed by atoms with Crippen LogP contribution in [0.4, 0.5) is 0 Å². The molecule has 0 amide bonds. The highest BCUT2D eigenvalue weighted by Gasteiger charge is 2.32. The molecule has 18 heavy (non-hydrogen) atoms. The third kappa shape index (κ3) is 2.45. The molecule has 0 bridgehead atoms. The summed E-state index contributed by atoms with van der Waals surface area (Å²) in [5, 5.41) is 0. The van der Waals surface area contributed by atoms with Gasteiger partial charge >= 0.3 is 0 Å². The minimum atomic E-state index is 0.210. The third-order valence-corrected chi connectivity index (χ3v) is 4.79. The third-order valence-electron chi connectivity index (χ3n) is 4.79. The van der Waals surface area contributed by atoms with Gasteiger partial charge in [-0.05, 0) is 36.8 Å². The second kappa shape index (κ2) is 5.85. The summed E-state index contributed by atoms with van der Waals surface area (Å²) < 4.78 is 0. The molecular formula is C16H26N2. The molecule has 1 aliphatic heterocycles. The van der Waals surface area contributed by atoms with Crippen LogP contribution in [0, 0.1) is 0 Å². The van der Waals surface area contributed by atoms with Crippen molar-refractivity contribution < 1.29 is 0 Å². The van der Waals surface area contributed by atoms with E-state index < -0.39 is 0 Å². The van der Waals surface area contributed by atoms with Gasteiger partial charge in [-0.1, -0.05) is 38.1 Å². The van der Waals surface area contributed by atoms with Crippen LogP contribution in [-0.2, 0) is 12.8 Å². The molecule has 0 atom stereocenters. The first-order chi connectivity index (χ1) is 8.75. The fraction of sp³-hybridized carbons (Fsp3) is 0.625. The Balaban J connectivity index is 2.16. The van der Waals surface area contributed by atoms with Gasteiger partial charge in [-0.3, -0.25) is 4.90 Å². The van der Waals surface area contributed by atoms with Gasteiger partial charge in [-0.15, -0.1) is 0 Å². The van der Waals surface area contributed by atoms with E-state index in [1.807, 2.05) is 0 Å². The standard InChI is InChI=1S/C16H26N2/c1-3-16(4-2,13-17)18-11-9-14-7-5-6-8-15(14)10-12-18/h5-8H,3-4,9-13,17H2,1-2H3. The monoisotopic (exact) mass is 246 g/mol. The van der Waals surface area contributed by atoms with Crippen LogP contribution in [0.1, 0.15) is 37.8 Å². The lowest BCUT2D eigenvalue weighted by Gasteiger charge is -2.42. The minimum absolute atomic E-state index is 0.210. The molecule has 0 aliphatic carbocycles. The quantitative estimate of drug-likeness (QED) is 0.885. The maximum Gasteiger partial charge on any atom is 0.0326 e. The summed E-state index contributed by atoms with van der Waals surface area (Å²) in [6, 6.07) is 8.87. The van der Waals surface area contributed by atoms with Crippen molar-refractivity contribution >= 4 is 0 Å². The Labute approximate surface area is 111 Å². The number of fused-ring (bicyclic) bond motifs is 1. The van der Waals surface area contributed by atoms with Crippen LogP contribution in [0.3, 0.4) is 0 Å². The molecule has 2 heteroatoms. The van der Waals surface area contributed by atoms with E-state index in [9.17, 15) is 0 Å². The number of benzene rings is 1. The van der Waals surface area contributed by atoms with E-state index in [-0.39, 0.29) is 5.54 Å².